The summed E-state index contributed by atoms with van der Waals surface area (Å²) >= 11 is 0. The van der Waals surface area contributed by atoms with Crippen molar-refractivity contribution in [1.82, 2.24) is 5.32 Å². The third-order valence-corrected chi connectivity index (χ3v) is 3.64. The van der Waals surface area contributed by atoms with E-state index < -0.39 is 35.6 Å². The first kappa shape index (κ1) is 20.1. The van der Waals surface area contributed by atoms with Crippen LogP contribution in [0.25, 0.3) is 0 Å². The van der Waals surface area contributed by atoms with Gasteiger partial charge in [0, 0.05) is 5.56 Å². The Balaban J connectivity index is 1.80. The highest BCUT2D eigenvalue weighted by Crippen LogP contribution is 2.09. The molecule has 0 radical (unpaired) electrons. The van der Waals surface area contributed by atoms with Crippen molar-refractivity contribution in [2.24, 2.45) is 0 Å². The first-order valence-corrected chi connectivity index (χ1v) is 8.34. The van der Waals surface area contributed by atoms with E-state index in [2.05, 4.69) is 5.32 Å². The minimum Gasteiger partial charge on any atom is -0.484 e. The van der Waals surface area contributed by atoms with Gasteiger partial charge in [0.05, 0.1) is 0 Å². The van der Waals surface area contributed by atoms with Gasteiger partial charge in [-0.2, -0.15) is 0 Å². The Hall–Kier alpha value is -3.22. The average molecular weight is 373 g/mol. The molecule has 6 nitrogen and oxygen atoms in total. The van der Waals surface area contributed by atoms with Crippen LogP contribution in [0.2, 0.25) is 0 Å². The van der Waals surface area contributed by atoms with Crippen molar-refractivity contribution in [3.63, 3.8) is 0 Å². The molecule has 142 valence electrons. The summed E-state index contributed by atoms with van der Waals surface area (Å²) in [5.74, 6) is -1.66. The van der Waals surface area contributed by atoms with Crippen LogP contribution in [-0.4, -0.2) is 36.4 Å². The Kier molecular flexibility index (Phi) is 7.05. The number of rotatable bonds is 8. The Morgan fingerprint density at radius 3 is 2.26 bits per heavy atom. The van der Waals surface area contributed by atoms with Gasteiger partial charge in [0.1, 0.15) is 17.6 Å². The summed E-state index contributed by atoms with van der Waals surface area (Å²) < 4.78 is 23.3. The van der Waals surface area contributed by atoms with Crippen LogP contribution in [0.1, 0.15) is 24.2 Å². The third-order valence-electron chi connectivity index (χ3n) is 3.64. The summed E-state index contributed by atoms with van der Waals surface area (Å²) in [5.41, 5.74) is 0.227. The van der Waals surface area contributed by atoms with Gasteiger partial charge in [-0.15, -0.1) is 0 Å². The number of para-hydroxylation sites is 1. The quantitative estimate of drug-likeness (QED) is 0.568. The Bertz CT molecular complexity index is 792. The number of amides is 1. The molecule has 0 saturated heterocycles. The smallest absolute Gasteiger partial charge is 0.329 e. The van der Waals surface area contributed by atoms with Crippen molar-refractivity contribution in [2.75, 3.05) is 6.61 Å². The highest BCUT2D eigenvalue weighted by atomic mass is 19.1. The van der Waals surface area contributed by atoms with E-state index in [-0.39, 0.29) is 12.2 Å². The van der Waals surface area contributed by atoms with Crippen LogP contribution in [0, 0.1) is 5.82 Å². The highest BCUT2D eigenvalue weighted by Gasteiger charge is 2.24. The van der Waals surface area contributed by atoms with Crippen molar-refractivity contribution in [3.8, 4) is 5.75 Å². The van der Waals surface area contributed by atoms with Gasteiger partial charge in [-0.1, -0.05) is 18.2 Å². The zero-order chi connectivity index (χ0) is 19.8. The standard InChI is InChI=1S/C20H20FNO5/c1-13(22-18(23)12-26-17-6-4-3-5-7-17)20(25)27-14(2)19(24)15-8-10-16(21)11-9-15/h3-11,13-14H,12H2,1-2H3,(H,22,23)/t13-,14-/m0/s1. The number of benzene rings is 2. The monoisotopic (exact) mass is 373 g/mol. The van der Waals surface area contributed by atoms with Crippen LogP contribution in [0.4, 0.5) is 4.39 Å². The lowest BCUT2D eigenvalue weighted by atomic mass is 10.1. The average Bonchev–Trinajstić information content (AvgIpc) is 2.67. The molecule has 2 aromatic carbocycles. The maximum absolute atomic E-state index is 12.9. The zero-order valence-electron chi connectivity index (χ0n) is 15.0. The molecule has 1 N–H and O–H groups in total. The van der Waals surface area contributed by atoms with Gasteiger partial charge in [0.25, 0.3) is 5.91 Å². The van der Waals surface area contributed by atoms with Gasteiger partial charge >= 0.3 is 5.97 Å². The summed E-state index contributed by atoms with van der Waals surface area (Å²) in [6, 6.07) is 12.7. The van der Waals surface area contributed by atoms with Crippen LogP contribution in [0.15, 0.2) is 54.6 Å². The van der Waals surface area contributed by atoms with Crippen LogP contribution in [0.3, 0.4) is 0 Å². The van der Waals surface area contributed by atoms with E-state index in [1.54, 1.807) is 24.3 Å². The van der Waals surface area contributed by atoms with Crippen molar-refractivity contribution in [3.05, 3.63) is 66.0 Å². The van der Waals surface area contributed by atoms with E-state index in [0.717, 1.165) is 12.1 Å². The van der Waals surface area contributed by atoms with Gasteiger partial charge in [0.2, 0.25) is 5.78 Å². The fourth-order valence-corrected chi connectivity index (χ4v) is 2.19. The molecule has 0 spiro atoms. The Morgan fingerprint density at radius 2 is 1.63 bits per heavy atom. The molecule has 2 aromatic rings. The molecule has 0 fully saturated rings. The SMILES string of the molecule is C[C@H](NC(=O)COc1ccccc1)C(=O)O[C@@H](C)C(=O)c1ccc(F)cc1. The number of carbonyl (C=O) groups is 3. The lowest BCUT2D eigenvalue weighted by Gasteiger charge is -2.17. The predicted molar refractivity (Wildman–Crippen MR) is 95.8 cm³/mol. The van der Waals surface area contributed by atoms with Crippen molar-refractivity contribution < 1.29 is 28.2 Å². The van der Waals surface area contributed by atoms with Gasteiger partial charge in [-0.25, -0.2) is 9.18 Å². The van der Waals surface area contributed by atoms with Crippen molar-refractivity contribution in [2.45, 2.75) is 26.0 Å². The van der Waals surface area contributed by atoms with Gasteiger partial charge < -0.3 is 14.8 Å². The van der Waals surface area contributed by atoms with E-state index in [1.807, 2.05) is 6.07 Å². The second-order valence-corrected chi connectivity index (χ2v) is 5.84. The third kappa shape index (κ3) is 6.22. The molecule has 0 aliphatic carbocycles. The predicted octanol–water partition coefficient (Wildman–Crippen LogP) is 2.52. The molecule has 0 aliphatic heterocycles. The molecule has 2 atom stereocenters. The van der Waals surface area contributed by atoms with Crippen LogP contribution in [-0.2, 0) is 14.3 Å². The number of ketones is 1. The maximum atomic E-state index is 12.9. The molecule has 27 heavy (non-hydrogen) atoms. The molecular weight excluding hydrogens is 353 g/mol. The minimum absolute atomic E-state index is 0.227. The molecule has 0 unspecified atom stereocenters. The lowest BCUT2D eigenvalue weighted by molar-refractivity contribution is -0.150. The topological polar surface area (TPSA) is 81.7 Å². The largest absolute Gasteiger partial charge is 0.484 e. The fourth-order valence-electron chi connectivity index (χ4n) is 2.19. The van der Waals surface area contributed by atoms with E-state index in [4.69, 9.17) is 9.47 Å². The number of esters is 1. The highest BCUT2D eigenvalue weighted by molar-refractivity contribution is 6.00. The van der Waals surface area contributed by atoms with Gasteiger partial charge in [-0.05, 0) is 50.2 Å². The summed E-state index contributed by atoms with van der Waals surface area (Å²) in [6.45, 7) is 2.60. The maximum Gasteiger partial charge on any atom is 0.329 e. The second-order valence-electron chi connectivity index (χ2n) is 5.84. The molecule has 0 aromatic heterocycles. The lowest BCUT2D eigenvalue weighted by Crippen LogP contribution is -2.43. The van der Waals surface area contributed by atoms with Crippen LogP contribution < -0.4 is 10.1 Å². The Morgan fingerprint density at radius 1 is 1.00 bits per heavy atom. The summed E-state index contributed by atoms with van der Waals surface area (Å²) in [5, 5.41) is 2.44. The number of ether oxygens (including phenoxy) is 2. The van der Waals surface area contributed by atoms with Crippen molar-refractivity contribution >= 4 is 17.7 Å². The molecule has 0 bridgehead atoms. The number of hydrogen-bond acceptors (Lipinski definition) is 5. The first-order chi connectivity index (χ1) is 12.9. The van der Waals surface area contributed by atoms with E-state index in [1.165, 1.54) is 26.0 Å². The van der Waals surface area contributed by atoms with Gasteiger partial charge in [-0.3, -0.25) is 9.59 Å². The zero-order valence-corrected chi connectivity index (χ0v) is 15.0. The normalized spacial score (nSPS) is 12.6. The summed E-state index contributed by atoms with van der Waals surface area (Å²) in [4.78, 5) is 36.1. The second kappa shape index (κ2) is 9.47. The van der Waals surface area contributed by atoms with E-state index in [0.29, 0.717) is 5.75 Å². The van der Waals surface area contributed by atoms with Crippen molar-refractivity contribution in [1.29, 1.82) is 0 Å². The van der Waals surface area contributed by atoms with Crippen LogP contribution in [0.5, 0.6) is 5.75 Å². The number of carbonyl (C=O) groups excluding carboxylic acids is 3. The van der Waals surface area contributed by atoms with Crippen LogP contribution >= 0.6 is 0 Å². The molecule has 1 amide bonds. The molecular formula is C20H20FNO5. The van der Waals surface area contributed by atoms with Gasteiger partial charge in [0.15, 0.2) is 12.7 Å². The summed E-state index contributed by atoms with van der Waals surface area (Å²) in [6.07, 6.45) is -1.07. The molecule has 2 rings (SSSR count). The van der Waals surface area contributed by atoms with E-state index >= 15 is 0 Å². The van der Waals surface area contributed by atoms with E-state index in [9.17, 15) is 18.8 Å². The number of hydrogen-bond donors (Lipinski definition) is 1. The fraction of sp³-hybridized carbons (Fsp3) is 0.250. The molecule has 0 saturated carbocycles. The number of halogens is 1. The first-order valence-electron chi connectivity index (χ1n) is 8.34. The number of nitrogens with one attached hydrogen (secondary N) is 1. The molecule has 0 aliphatic rings. The molecule has 7 heteroatoms. The molecule has 0 heterocycles. The summed E-state index contributed by atoms with van der Waals surface area (Å²) in [7, 11) is 0. The number of Topliss-reactive ketones (excluding diaryl/α,β-unsaturated/α-hetero) is 1. The Labute approximate surface area is 156 Å². The minimum atomic E-state index is -1.07.